The SMILES string of the molecule is COC(=O)CCC(NC(=O)C1CCCN1C(=O)CC(C)CCCC(C)CCCC(C)C)C(=O)NC(CCCCNC(=O)C(CCC(C)=O)NC(=O)C1CCCN1C(=O)CC(C)CCCC(C)CCCC(C)C)C(=O)NCCN. The average molecular weight is 1100 g/mol. The molecule has 0 radical (unpaired) electrons. The van der Waals surface area contributed by atoms with Gasteiger partial charge in [0.05, 0.1) is 7.11 Å². The van der Waals surface area contributed by atoms with Crippen LogP contribution < -0.4 is 32.3 Å². The number of amides is 7. The molecule has 18 nitrogen and oxygen atoms in total. The maximum absolute atomic E-state index is 14.0. The van der Waals surface area contributed by atoms with Crippen molar-refractivity contribution in [3.63, 3.8) is 0 Å². The molecule has 0 aliphatic carbocycles. The Hall–Kier alpha value is -4.61. The average Bonchev–Trinajstić information content (AvgIpc) is 4.09. The Bertz CT molecular complexity index is 1850. The van der Waals surface area contributed by atoms with Crippen molar-refractivity contribution < 1.29 is 47.9 Å². The van der Waals surface area contributed by atoms with E-state index in [0.717, 1.165) is 38.5 Å². The van der Waals surface area contributed by atoms with Crippen LogP contribution >= 0.6 is 0 Å². The fourth-order valence-corrected chi connectivity index (χ4v) is 10.8. The molecule has 0 saturated carbocycles. The molecule has 0 aromatic rings. The number of hydrogen-bond acceptors (Lipinski definition) is 11. The zero-order chi connectivity index (χ0) is 58.2. The monoisotopic (exact) mass is 1100 g/mol. The fourth-order valence-electron chi connectivity index (χ4n) is 10.8. The van der Waals surface area contributed by atoms with Crippen LogP contribution in [0.25, 0.3) is 0 Å². The summed E-state index contributed by atoms with van der Waals surface area (Å²) >= 11 is 0. The third-order valence-electron chi connectivity index (χ3n) is 15.8. The first-order valence-corrected chi connectivity index (χ1v) is 30.4. The van der Waals surface area contributed by atoms with E-state index in [4.69, 9.17) is 10.5 Å². The molecule has 2 rings (SSSR count). The van der Waals surface area contributed by atoms with Crippen molar-refractivity contribution in [3.05, 3.63) is 0 Å². The molecule has 0 bridgehead atoms. The summed E-state index contributed by atoms with van der Waals surface area (Å²) < 4.78 is 4.83. The highest BCUT2D eigenvalue weighted by Crippen LogP contribution is 2.26. The second-order valence-electron chi connectivity index (χ2n) is 24.2. The number of ketones is 1. The van der Waals surface area contributed by atoms with Gasteiger partial charge in [-0.2, -0.15) is 0 Å². The smallest absolute Gasteiger partial charge is 0.305 e. The minimum atomic E-state index is -1.23. The lowest BCUT2D eigenvalue weighted by Crippen LogP contribution is -2.56. The van der Waals surface area contributed by atoms with Crippen molar-refractivity contribution in [1.82, 2.24) is 36.4 Å². The number of hydrogen-bond donors (Lipinski definition) is 6. The molecule has 2 aliphatic heterocycles. The molecule has 9 unspecified atom stereocenters. The van der Waals surface area contributed by atoms with Crippen LogP contribution in [0.15, 0.2) is 0 Å². The molecule has 0 aromatic heterocycles. The number of nitrogens with two attached hydrogens (primary N) is 1. The Labute approximate surface area is 469 Å². The number of esters is 1. The number of nitrogens with one attached hydrogen (secondary N) is 5. The van der Waals surface area contributed by atoms with Crippen LogP contribution in [0.2, 0.25) is 0 Å². The number of rotatable bonds is 41. The van der Waals surface area contributed by atoms with Crippen LogP contribution in [-0.4, -0.2) is 133 Å². The van der Waals surface area contributed by atoms with Crippen LogP contribution in [0.3, 0.4) is 0 Å². The summed E-state index contributed by atoms with van der Waals surface area (Å²) in [6.45, 7) is 20.5. The topological polar surface area (TPSA) is 256 Å². The van der Waals surface area contributed by atoms with E-state index in [1.54, 1.807) is 9.80 Å². The van der Waals surface area contributed by atoms with Crippen LogP contribution in [0.1, 0.15) is 223 Å². The summed E-state index contributed by atoms with van der Waals surface area (Å²) in [6, 6.07) is -4.80. The molecule has 9 atom stereocenters. The zero-order valence-electron chi connectivity index (χ0n) is 50.1. The van der Waals surface area contributed by atoms with Gasteiger partial charge in [0.25, 0.3) is 0 Å². The van der Waals surface area contributed by atoms with E-state index in [-0.39, 0.29) is 81.2 Å². The Balaban J connectivity index is 2.03. The van der Waals surface area contributed by atoms with E-state index in [1.807, 2.05) is 0 Å². The lowest BCUT2D eigenvalue weighted by molar-refractivity contribution is -0.142. The second kappa shape index (κ2) is 38.9. The molecule has 18 heteroatoms. The lowest BCUT2D eigenvalue weighted by Gasteiger charge is -2.28. The molecule has 2 fully saturated rings. The molecule has 0 aromatic carbocycles. The summed E-state index contributed by atoms with van der Waals surface area (Å²) in [6.07, 6.45) is 17.2. The zero-order valence-corrected chi connectivity index (χ0v) is 50.1. The van der Waals surface area contributed by atoms with Gasteiger partial charge in [-0.05, 0) is 100 Å². The van der Waals surface area contributed by atoms with Gasteiger partial charge >= 0.3 is 5.97 Å². The van der Waals surface area contributed by atoms with Crippen molar-refractivity contribution in [2.75, 3.05) is 39.8 Å². The van der Waals surface area contributed by atoms with Gasteiger partial charge in [-0.15, -0.1) is 0 Å². The number of carbonyl (C=O) groups excluding carboxylic acids is 9. The van der Waals surface area contributed by atoms with E-state index in [2.05, 4.69) is 82.0 Å². The summed E-state index contributed by atoms with van der Waals surface area (Å²) in [5.41, 5.74) is 5.68. The molecular weight excluding hydrogens is 993 g/mol. The first-order chi connectivity index (χ1) is 37.1. The van der Waals surface area contributed by atoms with E-state index >= 15 is 0 Å². The molecule has 7 N–H and O–H groups in total. The number of Topliss-reactive ketones (excluding diaryl/α,β-unsaturated/α-hetero) is 1. The van der Waals surface area contributed by atoms with Crippen molar-refractivity contribution in [1.29, 1.82) is 0 Å². The molecule has 448 valence electrons. The Morgan fingerprint density at radius 1 is 0.487 bits per heavy atom. The predicted molar refractivity (Wildman–Crippen MR) is 306 cm³/mol. The minimum absolute atomic E-state index is 0.0642. The largest absolute Gasteiger partial charge is 0.469 e. The second-order valence-corrected chi connectivity index (χ2v) is 24.2. The molecular formula is C60H108N8O10. The van der Waals surface area contributed by atoms with Crippen molar-refractivity contribution in [2.45, 2.75) is 253 Å². The summed E-state index contributed by atoms with van der Waals surface area (Å²) in [5, 5.41) is 14.0. The summed E-state index contributed by atoms with van der Waals surface area (Å²) in [5.74, 6) is -0.469. The number of nitrogens with zero attached hydrogens (tertiary/aromatic N) is 2. The van der Waals surface area contributed by atoms with E-state index in [1.165, 1.54) is 52.6 Å². The van der Waals surface area contributed by atoms with Crippen LogP contribution in [0, 0.1) is 35.5 Å². The Kier molecular flexibility index (Phi) is 34.7. The predicted octanol–water partition coefficient (Wildman–Crippen LogP) is 7.42. The Morgan fingerprint density at radius 2 is 0.897 bits per heavy atom. The number of methoxy groups -OCH3 is 1. The summed E-state index contributed by atoms with van der Waals surface area (Å²) in [4.78, 5) is 124. The van der Waals surface area contributed by atoms with E-state index < -0.39 is 65.7 Å². The third-order valence-corrected chi connectivity index (χ3v) is 15.8. The molecule has 78 heavy (non-hydrogen) atoms. The van der Waals surface area contributed by atoms with Gasteiger partial charge in [0.1, 0.15) is 36.0 Å². The quantitative estimate of drug-likeness (QED) is 0.0259. The van der Waals surface area contributed by atoms with Gasteiger partial charge in [0, 0.05) is 58.4 Å². The number of carbonyl (C=O) groups is 9. The van der Waals surface area contributed by atoms with Crippen molar-refractivity contribution in [2.24, 2.45) is 41.2 Å². The van der Waals surface area contributed by atoms with Crippen molar-refractivity contribution >= 4 is 53.1 Å². The van der Waals surface area contributed by atoms with E-state index in [0.29, 0.717) is 88.1 Å². The highest BCUT2D eigenvalue weighted by molar-refractivity contribution is 5.95. The maximum Gasteiger partial charge on any atom is 0.305 e. The third kappa shape index (κ3) is 28.5. The van der Waals surface area contributed by atoms with Crippen LogP contribution in [0.5, 0.6) is 0 Å². The maximum atomic E-state index is 14.0. The standard InChI is InChI=1S/C60H108N8O10/c1-41(2)19-13-21-43(5)23-15-25-45(7)39-53(70)67-37-17-28-51(67)59(76)65-49(31-30-47(9)69)57(74)62-35-12-11-27-48(56(73)63-36-34-61)64-58(75)50(32-33-55(72)78-10)66-60(77)52-29-18-38-68(52)54(71)40-46(8)26-16-24-44(6)22-14-20-42(3)4/h41-46,48-52H,11-40,61H2,1-10H3,(H,62,74)(H,63,73)(H,64,75)(H,65,76)(H,66,77). The van der Waals surface area contributed by atoms with E-state index in [9.17, 15) is 43.2 Å². The highest BCUT2D eigenvalue weighted by Gasteiger charge is 2.38. The molecule has 7 amide bonds. The van der Waals surface area contributed by atoms with Gasteiger partial charge in [-0.1, -0.05) is 132 Å². The van der Waals surface area contributed by atoms with Crippen molar-refractivity contribution in [3.8, 4) is 0 Å². The first-order valence-electron chi connectivity index (χ1n) is 30.4. The van der Waals surface area contributed by atoms with Gasteiger partial charge in [-0.25, -0.2) is 0 Å². The molecule has 0 spiro atoms. The number of likely N-dealkylation sites (tertiary alicyclic amines) is 2. The Morgan fingerprint density at radius 3 is 1.33 bits per heavy atom. The van der Waals surface area contributed by atoms with Gasteiger partial charge in [-0.3, -0.25) is 38.4 Å². The minimum Gasteiger partial charge on any atom is -0.469 e. The van der Waals surface area contributed by atoms with Gasteiger partial charge in [0.15, 0.2) is 0 Å². The summed E-state index contributed by atoms with van der Waals surface area (Å²) in [7, 11) is 1.23. The van der Waals surface area contributed by atoms with Gasteiger partial charge in [0.2, 0.25) is 41.4 Å². The van der Waals surface area contributed by atoms with Gasteiger partial charge < -0.3 is 51.6 Å². The fraction of sp³-hybridized carbons (Fsp3) is 0.850. The number of ether oxygens (including phenoxy) is 1. The molecule has 2 heterocycles. The number of unbranched alkanes of at least 4 members (excludes halogenated alkanes) is 1. The lowest BCUT2D eigenvalue weighted by atomic mass is 9.92. The highest BCUT2D eigenvalue weighted by atomic mass is 16.5. The van der Waals surface area contributed by atoms with Crippen LogP contribution in [0.4, 0.5) is 0 Å². The first kappa shape index (κ1) is 69.5. The van der Waals surface area contributed by atoms with Crippen LogP contribution in [-0.2, 0) is 47.9 Å². The molecule has 2 aliphatic rings. The molecule has 2 saturated heterocycles. The normalized spacial score (nSPS) is 18.1.